The lowest BCUT2D eigenvalue weighted by molar-refractivity contribution is -0.141. The summed E-state index contributed by atoms with van der Waals surface area (Å²) >= 11 is 0. The van der Waals surface area contributed by atoms with Crippen molar-refractivity contribution in [2.45, 2.75) is 83.6 Å². The van der Waals surface area contributed by atoms with Gasteiger partial charge in [-0.2, -0.15) is 0 Å². The summed E-state index contributed by atoms with van der Waals surface area (Å²) in [5.41, 5.74) is 0.529. The first kappa shape index (κ1) is 22.8. The van der Waals surface area contributed by atoms with Crippen LogP contribution in [0.2, 0.25) is 0 Å². The third-order valence-electron chi connectivity index (χ3n) is 4.62. The number of amides is 1. The Bertz CT molecular complexity index is 588. The zero-order valence-electron chi connectivity index (χ0n) is 16.2. The summed E-state index contributed by atoms with van der Waals surface area (Å²) in [6, 6.07) is 3.07. The number of phenolic OH excluding ortho intramolecular Hbond substituents is 2. The molecule has 6 nitrogen and oxygen atoms in total. The fraction of sp³-hybridized carbons (Fsp3) is 0.619. The molecule has 1 aromatic carbocycles. The number of carboxylic acids is 1. The number of hydrogen-bond donors (Lipinski definition) is 4. The van der Waals surface area contributed by atoms with Gasteiger partial charge in [0.15, 0.2) is 11.5 Å². The number of hydrogen-bond acceptors (Lipinski definition) is 4. The van der Waals surface area contributed by atoms with E-state index >= 15 is 0 Å². The standard InChI is InChI=1S/C21H33NO5/c1-2-3-4-5-6-7-8-9-10-11-20(25)22-17(21(26)27)14-16-12-13-18(23)19(24)15-16/h12-13,15,17,23-24H,2-11,14H2,1H3,(H,22,25)(H,26,27)/t17-/m0/s1. The summed E-state index contributed by atoms with van der Waals surface area (Å²) in [5, 5.41) is 30.7. The van der Waals surface area contributed by atoms with Crippen molar-refractivity contribution in [2.75, 3.05) is 0 Å². The van der Waals surface area contributed by atoms with Crippen LogP contribution in [0.15, 0.2) is 18.2 Å². The molecule has 0 saturated heterocycles. The van der Waals surface area contributed by atoms with Gasteiger partial charge in [-0.1, -0.05) is 64.4 Å². The summed E-state index contributed by atoms with van der Waals surface area (Å²) in [4.78, 5) is 23.4. The molecule has 0 radical (unpaired) electrons. The number of benzene rings is 1. The van der Waals surface area contributed by atoms with Crippen LogP contribution in [0.3, 0.4) is 0 Å². The van der Waals surface area contributed by atoms with E-state index < -0.39 is 12.0 Å². The van der Waals surface area contributed by atoms with E-state index in [0.717, 1.165) is 19.3 Å². The van der Waals surface area contributed by atoms with Crippen molar-refractivity contribution >= 4 is 11.9 Å². The topological polar surface area (TPSA) is 107 Å². The SMILES string of the molecule is CCCCCCCCCCCC(=O)N[C@@H](Cc1ccc(O)c(O)c1)C(=O)O. The van der Waals surface area contributed by atoms with Crippen LogP contribution in [0.4, 0.5) is 0 Å². The van der Waals surface area contributed by atoms with E-state index in [2.05, 4.69) is 12.2 Å². The van der Waals surface area contributed by atoms with Gasteiger partial charge >= 0.3 is 5.97 Å². The molecule has 0 aliphatic heterocycles. The third kappa shape index (κ3) is 9.87. The predicted octanol–water partition coefficient (Wildman–Crippen LogP) is 4.13. The lowest BCUT2D eigenvalue weighted by atomic mass is 10.0. The monoisotopic (exact) mass is 379 g/mol. The number of aliphatic carboxylic acids is 1. The number of carbonyl (C=O) groups excluding carboxylic acids is 1. The molecule has 0 unspecified atom stereocenters. The van der Waals surface area contributed by atoms with Crippen molar-refractivity contribution in [3.63, 3.8) is 0 Å². The maximum absolute atomic E-state index is 12.0. The first-order valence-corrected chi connectivity index (χ1v) is 9.97. The summed E-state index contributed by atoms with van der Waals surface area (Å²) in [6.45, 7) is 2.20. The summed E-state index contributed by atoms with van der Waals surface area (Å²) in [6.07, 6.45) is 10.8. The molecule has 1 rings (SSSR count). The second-order valence-electron chi connectivity index (χ2n) is 7.06. The average molecular weight is 379 g/mol. The lowest BCUT2D eigenvalue weighted by Gasteiger charge is -2.15. The van der Waals surface area contributed by atoms with Gasteiger partial charge in [-0.05, 0) is 24.1 Å². The molecular weight excluding hydrogens is 346 g/mol. The van der Waals surface area contributed by atoms with Crippen LogP contribution in [0.5, 0.6) is 11.5 Å². The van der Waals surface area contributed by atoms with Gasteiger partial charge in [0, 0.05) is 12.8 Å². The summed E-state index contributed by atoms with van der Waals surface area (Å²) < 4.78 is 0. The maximum Gasteiger partial charge on any atom is 0.326 e. The molecule has 6 heteroatoms. The number of rotatable bonds is 14. The van der Waals surface area contributed by atoms with Crippen molar-refractivity contribution < 1.29 is 24.9 Å². The molecule has 1 atom stereocenters. The van der Waals surface area contributed by atoms with Crippen molar-refractivity contribution in [1.82, 2.24) is 5.32 Å². The Morgan fingerprint density at radius 2 is 1.52 bits per heavy atom. The van der Waals surface area contributed by atoms with Crippen molar-refractivity contribution in [3.05, 3.63) is 23.8 Å². The Morgan fingerprint density at radius 3 is 2.07 bits per heavy atom. The van der Waals surface area contributed by atoms with E-state index in [1.54, 1.807) is 0 Å². The molecule has 0 bridgehead atoms. The highest BCUT2D eigenvalue weighted by Gasteiger charge is 2.20. The van der Waals surface area contributed by atoms with Gasteiger partial charge in [0.25, 0.3) is 0 Å². The minimum atomic E-state index is -1.12. The fourth-order valence-electron chi connectivity index (χ4n) is 2.99. The highest BCUT2D eigenvalue weighted by Crippen LogP contribution is 2.25. The molecule has 0 aliphatic carbocycles. The number of carbonyl (C=O) groups is 2. The molecule has 0 aliphatic rings. The Balaban J connectivity index is 2.27. The average Bonchev–Trinajstić information content (AvgIpc) is 2.62. The van der Waals surface area contributed by atoms with Crippen LogP contribution < -0.4 is 5.32 Å². The fourth-order valence-corrected chi connectivity index (χ4v) is 2.99. The van der Waals surface area contributed by atoms with Crippen LogP contribution in [-0.4, -0.2) is 33.2 Å². The molecule has 4 N–H and O–H groups in total. The van der Waals surface area contributed by atoms with Crippen molar-refractivity contribution in [2.24, 2.45) is 0 Å². The molecular formula is C21H33NO5. The molecule has 1 aromatic rings. The minimum absolute atomic E-state index is 0.0483. The second kappa shape index (κ2) is 13.0. The number of aromatic hydroxyl groups is 2. The quantitative estimate of drug-likeness (QED) is 0.287. The first-order valence-electron chi connectivity index (χ1n) is 9.97. The van der Waals surface area contributed by atoms with Gasteiger partial charge in [0.1, 0.15) is 6.04 Å². The highest BCUT2D eigenvalue weighted by atomic mass is 16.4. The van der Waals surface area contributed by atoms with Crippen LogP contribution >= 0.6 is 0 Å². The number of unbranched alkanes of at least 4 members (excludes halogenated alkanes) is 8. The molecule has 0 aromatic heterocycles. The van der Waals surface area contributed by atoms with E-state index in [-0.39, 0.29) is 23.8 Å². The van der Waals surface area contributed by atoms with Gasteiger partial charge in [-0.25, -0.2) is 4.79 Å². The Morgan fingerprint density at radius 1 is 0.926 bits per heavy atom. The van der Waals surface area contributed by atoms with Gasteiger partial charge in [-0.3, -0.25) is 4.79 Å². The molecule has 0 heterocycles. The Hall–Kier alpha value is -2.24. The van der Waals surface area contributed by atoms with E-state index in [1.807, 2.05) is 0 Å². The van der Waals surface area contributed by atoms with E-state index in [0.29, 0.717) is 12.0 Å². The smallest absolute Gasteiger partial charge is 0.326 e. The second-order valence-corrected chi connectivity index (χ2v) is 7.06. The largest absolute Gasteiger partial charge is 0.504 e. The molecule has 1 amide bonds. The number of nitrogens with one attached hydrogen (secondary N) is 1. The Kier molecular flexibility index (Phi) is 11.0. The van der Waals surface area contributed by atoms with Gasteiger partial charge < -0.3 is 20.6 Å². The van der Waals surface area contributed by atoms with Gasteiger partial charge in [0.05, 0.1) is 0 Å². The third-order valence-corrected chi connectivity index (χ3v) is 4.62. The van der Waals surface area contributed by atoms with Crippen LogP contribution in [0, 0.1) is 0 Å². The van der Waals surface area contributed by atoms with E-state index in [9.17, 15) is 24.9 Å². The van der Waals surface area contributed by atoms with Gasteiger partial charge in [0.2, 0.25) is 5.91 Å². The number of carboxylic acid groups (broad SMARTS) is 1. The molecule has 27 heavy (non-hydrogen) atoms. The zero-order valence-corrected chi connectivity index (χ0v) is 16.2. The first-order chi connectivity index (χ1) is 12.9. The molecule has 0 spiro atoms. The zero-order chi connectivity index (χ0) is 20.1. The van der Waals surface area contributed by atoms with Crippen LogP contribution in [0.1, 0.15) is 76.7 Å². The highest BCUT2D eigenvalue weighted by molar-refractivity contribution is 5.83. The summed E-state index contributed by atoms with van der Waals surface area (Å²) in [5.74, 6) is -1.96. The van der Waals surface area contributed by atoms with Crippen LogP contribution in [0.25, 0.3) is 0 Å². The van der Waals surface area contributed by atoms with Crippen LogP contribution in [-0.2, 0) is 16.0 Å². The normalized spacial score (nSPS) is 11.9. The predicted molar refractivity (Wildman–Crippen MR) is 105 cm³/mol. The number of phenols is 2. The summed E-state index contributed by atoms with van der Waals surface area (Å²) in [7, 11) is 0. The molecule has 0 saturated carbocycles. The van der Waals surface area contributed by atoms with Crippen molar-refractivity contribution in [1.29, 1.82) is 0 Å². The molecule has 0 fully saturated rings. The van der Waals surface area contributed by atoms with Gasteiger partial charge in [-0.15, -0.1) is 0 Å². The maximum atomic E-state index is 12.0. The minimum Gasteiger partial charge on any atom is -0.504 e. The van der Waals surface area contributed by atoms with E-state index in [1.165, 1.54) is 56.7 Å². The van der Waals surface area contributed by atoms with Crippen molar-refractivity contribution in [3.8, 4) is 11.5 Å². The molecule has 152 valence electrons. The Labute approximate surface area is 161 Å². The van der Waals surface area contributed by atoms with E-state index in [4.69, 9.17) is 0 Å². The lowest BCUT2D eigenvalue weighted by Crippen LogP contribution is -2.42.